The zero-order valence-corrected chi connectivity index (χ0v) is 14.6. The van der Waals surface area contributed by atoms with Crippen LogP contribution in [0.4, 0.5) is 5.69 Å². The van der Waals surface area contributed by atoms with Crippen molar-refractivity contribution in [2.24, 2.45) is 0 Å². The lowest BCUT2D eigenvalue weighted by molar-refractivity contribution is -0.137. The van der Waals surface area contributed by atoms with E-state index in [-0.39, 0.29) is 23.7 Å². The number of rotatable bonds is 4. The molecule has 0 aliphatic carbocycles. The minimum absolute atomic E-state index is 0.105. The normalized spacial score (nSPS) is 24.0. The van der Waals surface area contributed by atoms with E-state index in [4.69, 9.17) is 19.2 Å². The van der Waals surface area contributed by atoms with E-state index in [9.17, 15) is 4.79 Å². The zero-order valence-electron chi connectivity index (χ0n) is 14.6. The van der Waals surface area contributed by atoms with Gasteiger partial charge in [0.2, 0.25) is 0 Å². The Hall–Kier alpha value is -1.73. The van der Waals surface area contributed by atoms with Gasteiger partial charge in [0.1, 0.15) is 11.9 Å². The van der Waals surface area contributed by atoms with Crippen LogP contribution in [-0.4, -0.2) is 42.0 Å². The molecule has 6 nitrogen and oxygen atoms in total. The number of fused-ring (bicyclic) bond motifs is 1. The molecule has 24 heavy (non-hydrogen) atoms. The van der Waals surface area contributed by atoms with Crippen molar-refractivity contribution in [3.8, 4) is 5.75 Å². The molecule has 1 atom stereocenters. The summed E-state index contributed by atoms with van der Waals surface area (Å²) in [6.07, 6.45) is 0.463. The van der Waals surface area contributed by atoms with Gasteiger partial charge in [-0.25, -0.2) is 0 Å². The fraction of sp³-hybridized carbons (Fsp3) is 0.588. The van der Waals surface area contributed by atoms with Crippen LogP contribution in [0.2, 0.25) is 0 Å². The van der Waals surface area contributed by atoms with Crippen LogP contribution in [0.25, 0.3) is 0 Å². The van der Waals surface area contributed by atoms with Gasteiger partial charge in [0, 0.05) is 6.42 Å². The lowest BCUT2D eigenvalue weighted by atomic mass is 9.79. The molecule has 0 saturated carbocycles. The number of nitrogens with one attached hydrogen (secondary N) is 1. The van der Waals surface area contributed by atoms with Crippen LogP contribution in [0.3, 0.4) is 0 Å². The Bertz CT molecular complexity index is 630. The highest BCUT2D eigenvalue weighted by Gasteiger charge is 2.51. The third-order valence-electron chi connectivity index (χ3n) is 5.02. The topological polar surface area (TPSA) is 77.0 Å². The molecule has 2 aliphatic heterocycles. The minimum Gasteiger partial charge on any atom is -0.486 e. The van der Waals surface area contributed by atoms with Crippen LogP contribution in [0, 0.1) is 0 Å². The van der Waals surface area contributed by atoms with Crippen molar-refractivity contribution in [2.45, 2.75) is 57.8 Å². The summed E-state index contributed by atoms with van der Waals surface area (Å²) in [5.41, 5.74) is 1.07. The Balaban J connectivity index is 1.71. The molecule has 0 aromatic heterocycles. The summed E-state index contributed by atoms with van der Waals surface area (Å²) < 4.78 is 18.0. The van der Waals surface area contributed by atoms with E-state index in [1.807, 2.05) is 45.9 Å². The number of anilines is 1. The van der Waals surface area contributed by atoms with E-state index < -0.39 is 13.1 Å². The van der Waals surface area contributed by atoms with E-state index >= 15 is 0 Å². The van der Waals surface area contributed by atoms with E-state index in [2.05, 4.69) is 5.32 Å². The summed E-state index contributed by atoms with van der Waals surface area (Å²) in [7, 11) is -0.410. The van der Waals surface area contributed by atoms with Gasteiger partial charge < -0.3 is 24.5 Å². The van der Waals surface area contributed by atoms with Gasteiger partial charge in [0.15, 0.2) is 0 Å². The first-order valence-corrected chi connectivity index (χ1v) is 8.30. The van der Waals surface area contributed by atoms with Crippen molar-refractivity contribution in [3.05, 3.63) is 18.2 Å². The molecular formula is C17H24BNO5. The molecule has 0 spiro atoms. The molecule has 1 fully saturated rings. The van der Waals surface area contributed by atoms with Gasteiger partial charge in [-0.2, -0.15) is 0 Å². The smallest absolute Gasteiger partial charge is 0.486 e. The highest BCUT2D eigenvalue weighted by molar-refractivity contribution is 6.62. The molecular weight excluding hydrogens is 309 g/mol. The van der Waals surface area contributed by atoms with Crippen molar-refractivity contribution in [2.75, 3.05) is 11.9 Å². The molecule has 1 saturated heterocycles. The standard InChI is InChI=1S/C17H24BNO5/c1-16(2)17(3,4)24-18(23-16)11-5-7-14-13(9-11)19-10-12(22-14)6-8-15(20)21/h5,7,9,12,19H,6,8,10H2,1-4H3,(H,20,21)/t12-/m0/s1. The highest BCUT2D eigenvalue weighted by Crippen LogP contribution is 2.37. The maximum absolute atomic E-state index is 10.7. The Kier molecular flexibility index (Phi) is 4.26. The maximum Gasteiger partial charge on any atom is 0.494 e. The number of carboxylic acid groups (broad SMARTS) is 1. The summed E-state index contributed by atoms with van der Waals surface area (Å²) in [5.74, 6) is -0.0718. The van der Waals surface area contributed by atoms with Crippen molar-refractivity contribution >= 4 is 24.2 Å². The van der Waals surface area contributed by atoms with E-state index in [1.54, 1.807) is 0 Å². The lowest BCUT2D eigenvalue weighted by Gasteiger charge is -2.32. The number of hydrogen-bond donors (Lipinski definition) is 2. The molecule has 0 unspecified atom stereocenters. The van der Waals surface area contributed by atoms with Gasteiger partial charge in [-0.05, 0) is 51.7 Å². The van der Waals surface area contributed by atoms with E-state index in [0.717, 1.165) is 16.9 Å². The average molecular weight is 333 g/mol. The highest BCUT2D eigenvalue weighted by atomic mass is 16.7. The SMILES string of the molecule is CC1(C)OB(c2ccc3c(c2)NC[C@H](CCC(=O)O)O3)OC1(C)C. The van der Waals surface area contributed by atoms with Gasteiger partial charge >= 0.3 is 13.1 Å². The summed E-state index contributed by atoms with van der Waals surface area (Å²) in [4.78, 5) is 10.7. The first-order chi connectivity index (χ1) is 11.2. The monoisotopic (exact) mass is 333 g/mol. The van der Waals surface area contributed by atoms with E-state index in [1.165, 1.54) is 0 Å². The van der Waals surface area contributed by atoms with E-state index in [0.29, 0.717) is 13.0 Å². The number of hydrogen-bond acceptors (Lipinski definition) is 5. The summed E-state index contributed by atoms with van der Waals surface area (Å²) in [5, 5.41) is 12.1. The zero-order chi connectivity index (χ0) is 17.5. The van der Waals surface area contributed by atoms with Crippen molar-refractivity contribution < 1.29 is 23.9 Å². The number of benzene rings is 1. The fourth-order valence-electron chi connectivity index (χ4n) is 2.80. The van der Waals surface area contributed by atoms with Gasteiger partial charge in [-0.15, -0.1) is 0 Å². The second-order valence-corrected chi connectivity index (χ2v) is 7.40. The molecule has 1 aromatic carbocycles. The molecule has 3 rings (SSSR count). The third kappa shape index (κ3) is 3.23. The van der Waals surface area contributed by atoms with Crippen LogP contribution >= 0.6 is 0 Å². The van der Waals surface area contributed by atoms with Crippen LogP contribution < -0.4 is 15.5 Å². The summed E-state index contributed by atoms with van der Waals surface area (Å²) in [6, 6.07) is 5.79. The van der Waals surface area contributed by atoms with Crippen LogP contribution in [0.15, 0.2) is 18.2 Å². The maximum atomic E-state index is 10.7. The van der Waals surface area contributed by atoms with Gasteiger partial charge in [-0.3, -0.25) is 4.79 Å². The molecule has 0 radical (unpaired) electrons. The second kappa shape index (κ2) is 5.97. The number of carbonyl (C=O) groups is 1. The number of ether oxygens (including phenoxy) is 1. The molecule has 2 aliphatic rings. The molecule has 0 amide bonds. The molecule has 1 aromatic rings. The molecule has 2 heterocycles. The van der Waals surface area contributed by atoms with Crippen LogP contribution in [0.1, 0.15) is 40.5 Å². The van der Waals surface area contributed by atoms with Crippen molar-refractivity contribution in [1.82, 2.24) is 0 Å². The Labute approximate surface area is 142 Å². The molecule has 0 bridgehead atoms. The lowest BCUT2D eigenvalue weighted by Crippen LogP contribution is -2.41. The van der Waals surface area contributed by atoms with Crippen LogP contribution in [0.5, 0.6) is 5.75 Å². The van der Waals surface area contributed by atoms with Crippen molar-refractivity contribution in [1.29, 1.82) is 0 Å². The number of aliphatic carboxylic acids is 1. The van der Waals surface area contributed by atoms with Gasteiger partial charge in [-0.1, -0.05) is 6.07 Å². The number of carboxylic acids is 1. The molecule has 2 N–H and O–H groups in total. The Morgan fingerprint density at radius 1 is 1.29 bits per heavy atom. The first-order valence-electron chi connectivity index (χ1n) is 8.30. The summed E-state index contributed by atoms with van der Waals surface area (Å²) >= 11 is 0. The van der Waals surface area contributed by atoms with Crippen molar-refractivity contribution in [3.63, 3.8) is 0 Å². The van der Waals surface area contributed by atoms with Gasteiger partial charge in [0.05, 0.1) is 23.4 Å². The van der Waals surface area contributed by atoms with Crippen LogP contribution in [-0.2, 0) is 14.1 Å². The Morgan fingerprint density at radius 3 is 2.58 bits per heavy atom. The quantitative estimate of drug-likeness (QED) is 0.821. The largest absolute Gasteiger partial charge is 0.494 e. The molecule has 7 heteroatoms. The first kappa shape index (κ1) is 17.1. The fourth-order valence-corrected chi connectivity index (χ4v) is 2.80. The summed E-state index contributed by atoms with van der Waals surface area (Å²) in [6.45, 7) is 8.70. The second-order valence-electron chi connectivity index (χ2n) is 7.40. The van der Waals surface area contributed by atoms with Gasteiger partial charge in [0.25, 0.3) is 0 Å². The predicted octanol–water partition coefficient (Wildman–Crippen LogP) is 2.02. The molecule has 130 valence electrons. The minimum atomic E-state index is -0.805. The average Bonchev–Trinajstić information content (AvgIpc) is 2.72. The predicted molar refractivity (Wildman–Crippen MR) is 91.9 cm³/mol. The third-order valence-corrected chi connectivity index (χ3v) is 5.02. The Morgan fingerprint density at radius 2 is 1.96 bits per heavy atom.